The zero-order valence-electron chi connectivity index (χ0n) is 9.56. The molecule has 4 fully saturated rings. The van der Waals surface area contributed by atoms with Crippen LogP contribution >= 0.6 is 15.9 Å². The van der Waals surface area contributed by atoms with Gasteiger partial charge in [0.2, 0.25) is 0 Å². The van der Waals surface area contributed by atoms with E-state index in [9.17, 15) is 15.4 Å². The Morgan fingerprint density at radius 3 is 1.94 bits per heavy atom. The summed E-state index contributed by atoms with van der Waals surface area (Å²) in [7, 11) is 0. The highest BCUT2D eigenvalue weighted by molar-refractivity contribution is 9.10. The molecule has 4 bridgehead atoms. The van der Waals surface area contributed by atoms with Gasteiger partial charge in [-0.25, -0.2) is 0 Å². The second-order valence-corrected chi connectivity index (χ2v) is 7.34. The fraction of sp³-hybridized carbons (Fsp3) is 0.917. The number of nitriles is 1. The molecule has 0 spiro atoms. The molecule has 4 rings (SSSR count). The summed E-state index contributed by atoms with van der Waals surface area (Å²) in [5, 5.41) is 20.6. The third-order valence-corrected chi connectivity index (χ3v) is 6.45. The maximum absolute atomic E-state index is 11.3. The van der Waals surface area contributed by atoms with Crippen molar-refractivity contribution in [2.45, 2.75) is 43.0 Å². The fourth-order valence-electron chi connectivity index (χ4n) is 4.87. The molecule has 0 radical (unpaired) electrons. The number of alkyl halides is 1. The Morgan fingerprint density at radius 1 is 1.24 bits per heavy atom. The van der Waals surface area contributed by atoms with Crippen LogP contribution in [0.1, 0.15) is 38.5 Å². The third-order valence-electron chi connectivity index (χ3n) is 5.14. The number of nitrogens with zero attached hydrogens (tertiary/aromatic N) is 2. The second-order valence-electron chi connectivity index (χ2n) is 6.19. The molecule has 4 aliphatic rings. The molecular formula is C12H15BrN2O2. The summed E-state index contributed by atoms with van der Waals surface area (Å²) < 4.78 is -1.56. The number of rotatable bonds is 2. The first-order chi connectivity index (χ1) is 7.99. The maximum atomic E-state index is 11.3. The van der Waals surface area contributed by atoms with Gasteiger partial charge in [-0.2, -0.15) is 5.26 Å². The SMILES string of the molecule is N#CC(Br)([N+](=O)[O-])C12CC3CC(CC(C3)C1)C2. The highest BCUT2D eigenvalue weighted by atomic mass is 79.9. The highest BCUT2D eigenvalue weighted by Gasteiger charge is 2.67. The lowest BCUT2D eigenvalue weighted by atomic mass is 9.48. The van der Waals surface area contributed by atoms with Crippen LogP contribution in [-0.2, 0) is 0 Å². The summed E-state index contributed by atoms with van der Waals surface area (Å²) in [6, 6.07) is 1.95. The minimum atomic E-state index is -1.56. The molecule has 0 saturated heterocycles. The monoisotopic (exact) mass is 298 g/mol. The van der Waals surface area contributed by atoms with E-state index < -0.39 is 14.8 Å². The number of halogens is 1. The number of hydrogen-bond acceptors (Lipinski definition) is 3. The van der Waals surface area contributed by atoms with Gasteiger partial charge in [-0.1, -0.05) is 0 Å². The molecule has 0 heterocycles. The molecule has 0 aromatic rings. The van der Waals surface area contributed by atoms with Crippen LogP contribution in [0.2, 0.25) is 0 Å². The first kappa shape index (κ1) is 11.5. The van der Waals surface area contributed by atoms with Crippen LogP contribution in [-0.4, -0.2) is 9.37 Å². The molecule has 17 heavy (non-hydrogen) atoms. The molecule has 0 aromatic carbocycles. The summed E-state index contributed by atoms with van der Waals surface area (Å²) >= 11 is 3.18. The van der Waals surface area contributed by atoms with Gasteiger partial charge in [-0.05, 0) is 56.3 Å². The van der Waals surface area contributed by atoms with Crippen LogP contribution < -0.4 is 0 Å². The van der Waals surface area contributed by atoms with Crippen LogP contribution in [0.5, 0.6) is 0 Å². The highest BCUT2D eigenvalue weighted by Crippen LogP contribution is 2.65. The smallest absolute Gasteiger partial charge is 0.262 e. The molecule has 4 nitrogen and oxygen atoms in total. The van der Waals surface area contributed by atoms with Crippen molar-refractivity contribution >= 4 is 15.9 Å². The lowest BCUT2D eigenvalue weighted by Gasteiger charge is -2.57. The Balaban J connectivity index is 2.02. The van der Waals surface area contributed by atoms with E-state index in [1.54, 1.807) is 0 Å². The zero-order valence-corrected chi connectivity index (χ0v) is 11.1. The largest absolute Gasteiger partial charge is 0.363 e. The second kappa shape index (κ2) is 3.44. The van der Waals surface area contributed by atoms with Crippen LogP contribution in [0.15, 0.2) is 0 Å². The van der Waals surface area contributed by atoms with Gasteiger partial charge < -0.3 is 0 Å². The Labute approximate surface area is 109 Å². The van der Waals surface area contributed by atoms with Crippen molar-refractivity contribution in [2.24, 2.45) is 23.2 Å². The summed E-state index contributed by atoms with van der Waals surface area (Å²) in [6.07, 6.45) is 6.26. The third kappa shape index (κ3) is 1.40. The molecule has 1 atom stereocenters. The maximum Gasteiger partial charge on any atom is 0.363 e. The Hall–Kier alpha value is -0.630. The summed E-state index contributed by atoms with van der Waals surface area (Å²) in [5.74, 6) is 1.85. The normalized spacial score (nSPS) is 46.2. The average Bonchev–Trinajstić information content (AvgIpc) is 2.25. The van der Waals surface area contributed by atoms with Gasteiger partial charge in [0, 0.05) is 15.9 Å². The molecule has 0 aromatic heterocycles. The topological polar surface area (TPSA) is 66.9 Å². The quantitative estimate of drug-likeness (QED) is 0.340. The van der Waals surface area contributed by atoms with E-state index in [-0.39, 0.29) is 0 Å². The molecule has 0 aliphatic heterocycles. The average molecular weight is 299 g/mol. The van der Waals surface area contributed by atoms with Gasteiger partial charge in [0.1, 0.15) is 0 Å². The molecule has 1 unspecified atom stereocenters. The van der Waals surface area contributed by atoms with Gasteiger partial charge in [0.05, 0.1) is 10.3 Å². The van der Waals surface area contributed by atoms with E-state index in [4.69, 9.17) is 0 Å². The fourth-order valence-corrected chi connectivity index (χ4v) is 5.36. The number of hydrogen-bond donors (Lipinski definition) is 0. The van der Waals surface area contributed by atoms with E-state index in [1.807, 2.05) is 6.07 Å². The Bertz CT molecular complexity index is 382. The van der Waals surface area contributed by atoms with Gasteiger partial charge in [-0.3, -0.25) is 10.1 Å². The minimum Gasteiger partial charge on any atom is -0.262 e. The van der Waals surface area contributed by atoms with Gasteiger partial charge in [0.25, 0.3) is 0 Å². The minimum absolute atomic E-state index is 0.403. The Kier molecular flexibility index (Phi) is 2.32. The molecule has 5 heteroatoms. The van der Waals surface area contributed by atoms with Crippen LogP contribution in [0, 0.1) is 44.6 Å². The van der Waals surface area contributed by atoms with Gasteiger partial charge in [-0.15, -0.1) is 0 Å². The van der Waals surface area contributed by atoms with Crippen LogP contribution in [0.4, 0.5) is 0 Å². The first-order valence-corrected chi connectivity index (χ1v) is 7.03. The van der Waals surface area contributed by atoms with Gasteiger partial charge >= 0.3 is 4.45 Å². The Morgan fingerprint density at radius 2 is 1.65 bits per heavy atom. The molecular weight excluding hydrogens is 284 g/mol. The van der Waals surface area contributed by atoms with Crippen molar-refractivity contribution in [3.8, 4) is 6.07 Å². The van der Waals surface area contributed by atoms with Crippen LogP contribution in [0.25, 0.3) is 0 Å². The van der Waals surface area contributed by atoms with E-state index in [2.05, 4.69) is 15.9 Å². The molecule has 0 amide bonds. The lowest BCUT2D eigenvalue weighted by molar-refractivity contribution is -0.545. The van der Waals surface area contributed by atoms with E-state index >= 15 is 0 Å². The standard InChI is InChI=1S/C12H15BrN2O2/c13-12(7-14,15(16)17)11-4-8-1-9(5-11)3-10(2-8)6-11/h8-10H,1-6H2. The summed E-state index contributed by atoms with van der Waals surface area (Å²) in [6.45, 7) is 0. The summed E-state index contributed by atoms with van der Waals surface area (Å²) in [5.41, 5.74) is -0.417. The molecule has 92 valence electrons. The van der Waals surface area contributed by atoms with E-state index in [0.717, 1.165) is 19.3 Å². The van der Waals surface area contributed by atoms with Crippen molar-refractivity contribution in [1.82, 2.24) is 0 Å². The predicted molar refractivity (Wildman–Crippen MR) is 64.9 cm³/mol. The number of nitro groups is 1. The van der Waals surface area contributed by atoms with Crippen molar-refractivity contribution < 1.29 is 4.92 Å². The zero-order chi connectivity index (χ0) is 12.3. The molecule has 0 N–H and O–H groups in total. The van der Waals surface area contributed by atoms with Crippen molar-refractivity contribution in [1.29, 1.82) is 5.26 Å². The lowest BCUT2D eigenvalue weighted by Crippen LogP contribution is -2.58. The van der Waals surface area contributed by atoms with Gasteiger partial charge in [0.15, 0.2) is 6.07 Å². The first-order valence-electron chi connectivity index (χ1n) is 6.24. The predicted octanol–water partition coefficient (Wildman–Crippen LogP) is 3.09. The van der Waals surface area contributed by atoms with Crippen LogP contribution in [0.3, 0.4) is 0 Å². The van der Waals surface area contributed by atoms with E-state index in [0.29, 0.717) is 17.8 Å². The molecule has 4 aliphatic carbocycles. The van der Waals surface area contributed by atoms with E-state index in [1.165, 1.54) is 19.3 Å². The van der Waals surface area contributed by atoms with Crippen molar-refractivity contribution in [3.05, 3.63) is 10.1 Å². The molecule has 4 saturated carbocycles. The summed E-state index contributed by atoms with van der Waals surface area (Å²) in [4.78, 5) is 10.9. The van der Waals surface area contributed by atoms with Crippen molar-refractivity contribution in [2.75, 3.05) is 0 Å². The van der Waals surface area contributed by atoms with Crippen molar-refractivity contribution in [3.63, 3.8) is 0 Å².